The highest BCUT2D eigenvalue weighted by Crippen LogP contribution is 2.30. The van der Waals surface area contributed by atoms with Gasteiger partial charge in [-0.15, -0.1) is 0 Å². The number of nitrogens with zero attached hydrogens (tertiary/aromatic N) is 1. The van der Waals surface area contributed by atoms with Crippen LogP contribution in [0.4, 0.5) is 5.69 Å². The summed E-state index contributed by atoms with van der Waals surface area (Å²) in [5, 5.41) is 9.33. The summed E-state index contributed by atoms with van der Waals surface area (Å²) in [6.07, 6.45) is 6.00. The van der Waals surface area contributed by atoms with Gasteiger partial charge in [-0.25, -0.2) is 4.79 Å². The molecular formula is C17H24ClNO2. The Morgan fingerprint density at radius 2 is 2.14 bits per heavy atom. The van der Waals surface area contributed by atoms with Crippen LogP contribution in [-0.2, 0) is 4.79 Å². The van der Waals surface area contributed by atoms with Crippen LogP contribution in [0.3, 0.4) is 0 Å². The normalized spacial score (nSPS) is 12.6. The minimum absolute atomic E-state index is 0.425. The molecule has 0 aliphatic carbocycles. The quantitative estimate of drug-likeness (QED) is 0.698. The van der Waals surface area contributed by atoms with Gasteiger partial charge in [-0.05, 0) is 43.5 Å². The second-order valence-corrected chi connectivity index (χ2v) is 5.59. The summed E-state index contributed by atoms with van der Waals surface area (Å²) in [5.41, 5.74) is 1.82. The Morgan fingerprint density at radius 3 is 2.67 bits per heavy atom. The summed E-state index contributed by atoms with van der Waals surface area (Å²) in [7, 11) is 0. The zero-order valence-corrected chi connectivity index (χ0v) is 13.7. The summed E-state index contributed by atoms with van der Waals surface area (Å²) >= 11 is 6.40. The smallest absolute Gasteiger partial charge is 0.328 e. The molecule has 0 spiro atoms. The molecule has 0 aliphatic heterocycles. The van der Waals surface area contributed by atoms with Gasteiger partial charge in [-0.2, -0.15) is 0 Å². The van der Waals surface area contributed by atoms with Gasteiger partial charge in [0.15, 0.2) is 0 Å². The van der Waals surface area contributed by atoms with Gasteiger partial charge in [0.25, 0.3) is 0 Å². The largest absolute Gasteiger partial charge is 0.478 e. The third-order valence-electron chi connectivity index (χ3n) is 3.57. The molecule has 1 aromatic rings. The first kappa shape index (κ1) is 17.6. The Hall–Kier alpha value is -1.48. The fourth-order valence-corrected chi connectivity index (χ4v) is 2.45. The lowest BCUT2D eigenvalue weighted by Crippen LogP contribution is -2.33. The van der Waals surface area contributed by atoms with Gasteiger partial charge in [-0.1, -0.05) is 37.9 Å². The Balaban J connectivity index is 3.01. The van der Waals surface area contributed by atoms with Crippen molar-refractivity contribution in [1.82, 2.24) is 0 Å². The number of unbranched alkanes of at least 4 members (excludes halogenated alkanes) is 1. The van der Waals surface area contributed by atoms with Crippen molar-refractivity contribution < 1.29 is 9.90 Å². The number of halogens is 1. The molecule has 0 fully saturated rings. The molecule has 0 aliphatic rings. The van der Waals surface area contributed by atoms with Gasteiger partial charge < -0.3 is 10.0 Å². The second-order valence-electron chi connectivity index (χ2n) is 5.19. The number of carboxylic acid groups (broad SMARTS) is 1. The number of hydrogen-bond acceptors (Lipinski definition) is 2. The summed E-state index contributed by atoms with van der Waals surface area (Å²) in [6.45, 7) is 7.53. The maximum Gasteiger partial charge on any atom is 0.328 e. The predicted molar refractivity (Wildman–Crippen MR) is 90.1 cm³/mol. The highest BCUT2D eigenvalue weighted by Gasteiger charge is 2.15. The fourth-order valence-electron chi connectivity index (χ4n) is 2.15. The van der Waals surface area contributed by atoms with Crippen LogP contribution in [-0.4, -0.2) is 23.7 Å². The molecule has 1 rings (SSSR count). The van der Waals surface area contributed by atoms with Crippen LogP contribution >= 0.6 is 11.6 Å². The molecular weight excluding hydrogens is 286 g/mol. The van der Waals surface area contributed by atoms with E-state index in [0.29, 0.717) is 11.1 Å². The SMILES string of the molecule is CCCCN(c1ccc(/C=C/C(=O)O)cc1Cl)C(C)CC. The van der Waals surface area contributed by atoms with E-state index in [2.05, 4.69) is 25.7 Å². The lowest BCUT2D eigenvalue weighted by molar-refractivity contribution is -0.131. The van der Waals surface area contributed by atoms with Crippen LogP contribution in [0.15, 0.2) is 24.3 Å². The first-order valence-electron chi connectivity index (χ1n) is 7.46. The van der Waals surface area contributed by atoms with Gasteiger partial charge in [0.05, 0.1) is 10.7 Å². The first-order valence-corrected chi connectivity index (χ1v) is 7.84. The number of aliphatic carboxylic acids is 1. The zero-order valence-electron chi connectivity index (χ0n) is 13.0. The molecule has 0 radical (unpaired) electrons. The third kappa shape index (κ3) is 5.43. The molecule has 1 atom stereocenters. The number of benzene rings is 1. The standard InChI is InChI=1S/C17H24ClNO2/c1-4-6-11-19(13(3)5-2)16-9-7-14(12-15(16)18)8-10-17(20)21/h7-10,12-13H,4-6,11H2,1-3H3,(H,20,21)/b10-8+. The maximum atomic E-state index is 10.6. The summed E-state index contributed by atoms with van der Waals surface area (Å²) in [4.78, 5) is 12.9. The Bertz CT molecular complexity index is 500. The average Bonchev–Trinajstić information content (AvgIpc) is 2.46. The highest BCUT2D eigenvalue weighted by atomic mass is 35.5. The molecule has 0 saturated heterocycles. The molecule has 1 aromatic carbocycles. The fraction of sp³-hybridized carbons (Fsp3) is 0.471. The Morgan fingerprint density at radius 1 is 1.43 bits per heavy atom. The summed E-state index contributed by atoms with van der Waals surface area (Å²) < 4.78 is 0. The number of rotatable bonds is 8. The van der Waals surface area contributed by atoms with Crippen LogP contribution in [0.1, 0.15) is 45.6 Å². The molecule has 3 nitrogen and oxygen atoms in total. The van der Waals surface area contributed by atoms with Crippen molar-refractivity contribution in [2.24, 2.45) is 0 Å². The third-order valence-corrected chi connectivity index (χ3v) is 3.88. The molecule has 1 N–H and O–H groups in total. The van der Waals surface area contributed by atoms with E-state index in [4.69, 9.17) is 16.7 Å². The van der Waals surface area contributed by atoms with Crippen molar-refractivity contribution >= 4 is 29.3 Å². The molecule has 0 bridgehead atoms. The molecule has 4 heteroatoms. The molecule has 0 saturated carbocycles. The molecule has 0 aromatic heterocycles. The highest BCUT2D eigenvalue weighted by molar-refractivity contribution is 6.33. The van der Waals surface area contributed by atoms with E-state index >= 15 is 0 Å². The monoisotopic (exact) mass is 309 g/mol. The molecule has 21 heavy (non-hydrogen) atoms. The molecule has 1 unspecified atom stereocenters. The van der Waals surface area contributed by atoms with Crippen LogP contribution < -0.4 is 4.90 Å². The summed E-state index contributed by atoms with van der Waals surface area (Å²) in [6, 6.07) is 6.13. The van der Waals surface area contributed by atoms with Crippen molar-refractivity contribution in [2.45, 2.75) is 46.1 Å². The van der Waals surface area contributed by atoms with Crippen molar-refractivity contribution in [3.8, 4) is 0 Å². The van der Waals surface area contributed by atoms with E-state index in [1.807, 2.05) is 18.2 Å². The Kier molecular flexibility index (Phi) is 7.30. The first-order chi connectivity index (χ1) is 9.99. The van der Waals surface area contributed by atoms with Crippen molar-refractivity contribution in [3.63, 3.8) is 0 Å². The topological polar surface area (TPSA) is 40.5 Å². The van der Waals surface area contributed by atoms with Gasteiger partial charge in [0.1, 0.15) is 0 Å². The van der Waals surface area contributed by atoms with Crippen LogP contribution in [0, 0.1) is 0 Å². The van der Waals surface area contributed by atoms with E-state index in [9.17, 15) is 4.79 Å². The Labute approximate surface area is 132 Å². The number of carbonyl (C=O) groups is 1. The van der Waals surface area contributed by atoms with Gasteiger partial charge in [0.2, 0.25) is 0 Å². The number of hydrogen-bond donors (Lipinski definition) is 1. The van der Waals surface area contributed by atoms with Gasteiger partial charge >= 0.3 is 5.97 Å². The van der Waals surface area contributed by atoms with E-state index in [1.54, 1.807) is 6.08 Å². The molecule has 0 amide bonds. The van der Waals surface area contributed by atoms with Crippen LogP contribution in [0.2, 0.25) is 5.02 Å². The number of carboxylic acids is 1. The van der Waals surface area contributed by atoms with Crippen molar-refractivity contribution in [2.75, 3.05) is 11.4 Å². The van der Waals surface area contributed by atoms with Gasteiger partial charge in [0, 0.05) is 18.7 Å². The van der Waals surface area contributed by atoms with Crippen molar-refractivity contribution in [1.29, 1.82) is 0 Å². The molecule has 116 valence electrons. The minimum atomic E-state index is -0.959. The minimum Gasteiger partial charge on any atom is -0.478 e. The second kappa shape index (κ2) is 8.73. The maximum absolute atomic E-state index is 10.6. The summed E-state index contributed by atoms with van der Waals surface area (Å²) in [5.74, 6) is -0.959. The zero-order chi connectivity index (χ0) is 15.8. The predicted octanol–water partition coefficient (Wildman–Crippen LogP) is 4.84. The van der Waals surface area contributed by atoms with E-state index < -0.39 is 5.97 Å². The van der Waals surface area contributed by atoms with Crippen molar-refractivity contribution in [3.05, 3.63) is 34.9 Å². The lowest BCUT2D eigenvalue weighted by atomic mass is 10.1. The van der Waals surface area contributed by atoms with Gasteiger partial charge in [-0.3, -0.25) is 0 Å². The average molecular weight is 310 g/mol. The molecule has 0 heterocycles. The lowest BCUT2D eigenvalue weighted by Gasteiger charge is -2.31. The van der Waals surface area contributed by atoms with Crippen LogP contribution in [0.5, 0.6) is 0 Å². The van der Waals surface area contributed by atoms with E-state index in [-0.39, 0.29) is 0 Å². The van der Waals surface area contributed by atoms with E-state index in [1.165, 1.54) is 0 Å². The van der Waals surface area contributed by atoms with Crippen LogP contribution in [0.25, 0.3) is 6.08 Å². The number of anilines is 1. The van der Waals surface area contributed by atoms with E-state index in [0.717, 1.165) is 43.1 Å².